The molecule has 2 aromatic rings. The van der Waals surface area contributed by atoms with Gasteiger partial charge in [0.2, 0.25) is 0 Å². The van der Waals surface area contributed by atoms with Gasteiger partial charge in [0.05, 0.1) is 0 Å². The molecule has 0 spiro atoms. The van der Waals surface area contributed by atoms with E-state index in [0.717, 1.165) is 24.8 Å². The average Bonchev–Trinajstić information content (AvgIpc) is 2.57. The number of likely N-dealkylation sites (tertiary alicyclic amines) is 1. The molecule has 5 heteroatoms. The Morgan fingerprint density at radius 2 is 1.87 bits per heavy atom. The third kappa shape index (κ3) is 3.67. The van der Waals surface area contributed by atoms with Crippen molar-refractivity contribution in [2.75, 3.05) is 13.1 Å². The molecule has 4 nitrogen and oxygen atoms in total. The standard InChI is InChI=1S/C18H19FN2O2/c19-15-5-3-13(4-6-15)12-14-7-10-21(11-8-14)18(23)16-2-1-9-20-17(16)22/h1-6,9,14H,7-8,10-12H2,(H,20,22). The number of halogens is 1. The van der Waals surface area contributed by atoms with E-state index in [1.165, 1.54) is 18.3 Å². The number of rotatable bonds is 3. The molecular formula is C18H19FN2O2. The first-order valence-corrected chi connectivity index (χ1v) is 7.85. The number of piperidine rings is 1. The Balaban J connectivity index is 1.58. The number of carbonyl (C=O) groups is 1. The summed E-state index contributed by atoms with van der Waals surface area (Å²) in [5, 5.41) is 0. The zero-order valence-electron chi connectivity index (χ0n) is 12.8. The Kier molecular flexibility index (Phi) is 4.55. The minimum atomic E-state index is -0.342. The summed E-state index contributed by atoms with van der Waals surface area (Å²) < 4.78 is 12.9. The predicted molar refractivity (Wildman–Crippen MR) is 85.8 cm³/mol. The first-order chi connectivity index (χ1) is 11.1. The number of carbonyl (C=O) groups excluding carboxylic acids is 1. The summed E-state index contributed by atoms with van der Waals surface area (Å²) in [7, 11) is 0. The van der Waals surface area contributed by atoms with E-state index in [1.54, 1.807) is 17.0 Å². The van der Waals surface area contributed by atoms with Gasteiger partial charge in [-0.2, -0.15) is 0 Å². The van der Waals surface area contributed by atoms with Crippen LogP contribution in [-0.2, 0) is 6.42 Å². The lowest BCUT2D eigenvalue weighted by molar-refractivity contribution is 0.0688. The summed E-state index contributed by atoms with van der Waals surface area (Å²) in [5.41, 5.74) is 0.978. The van der Waals surface area contributed by atoms with Crippen molar-refractivity contribution < 1.29 is 9.18 Å². The lowest BCUT2D eigenvalue weighted by Gasteiger charge is -2.32. The minimum absolute atomic E-state index is 0.199. The van der Waals surface area contributed by atoms with Gasteiger partial charge >= 0.3 is 0 Å². The molecule has 1 aromatic carbocycles. The van der Waals surface area contributed by atoms with Crippen LogP contribution in [0, 0.1) is 11.7 Å². The van der Waals surface area contributed by atoms with Crippen LogP contribution in [0.3, 0.4) is 0 Å². The Hall–Kier alpha value is -2.43. The van der Waals surface area contributed by atoms with Gasteiger partial charge in [-0.15, -0.1) is 0 Å². The highest BCUT2D eigenvalue weighted by molar-refractivity contribution is 5.93. The summed E-state index contributed by atoms with van der Waals surface area (Å²) in [4.78, 5) is 28.4. The van der Waals surface area contributed by atoms with Gasteiger partial charge < -0.3 is 9.88 Å². The molecule has 1 aromatic heterocycles. The van der Waals surface area contributed by atoms with Gasteiger partial charge in [-0.1, -0.05) is 12.1 Å². The molecule has 1 saturated heterocycles. The van der Waals surface area contributed by atoms with E-state index < -0.39 is 0 Å². The van der Waals surface area contributed by atoms with Gasteiger partial charge in [0.15, 0.2) is 0 Å². The Bertz CT molecular complexity index is 731. The number of nitrogens with one attached hydrogen (secondary N) is 1. The van der Waals surface area contributed by atoms with Gasteiger partial charge in [-0.25, -0.2) is 4.39 Å². The second kappa shape index (κ2) is 6.77. The Morgan fingerprint density at radius 3 is 2.52 bits per heavy atom. The van der Waals surface area contributed by atoms with Crippen molar-refractivity contribution in [1.29, 1.82) is 0 Å². The topological polar surface area (TPSA) is 53.2 Å². The minimum Gasteiger partial charge on any atom is -0.338 e. The van der Waals surface area contributed by atoms with E-state index in [4.69, 9.17) is 0 Å². The van der Waals surface area contributed by atoms with Gasteiger partial charge in [-0.05, 0) is 55.0 Å². The molecule has 120 valence electrons. The highest BCUT2D eigenvalue weighted by atomic mass is 19.1. The van der Waals surface area contributed by atoms with E-state index >= 15 is 0 Å². The molecule has 1 N–H and O–H groups in total. The largest absolute Gasteiger partial charge is 0.338 e. The van der Waals surface area contributed by atoms with E-state index in [-0.39, 0.29) is 22.8 Å². The molecule has 2 heterocycles. The molecule has 23 heavy (non-hydrogen) atoms. The first-order valence-electron chi connectivity index (χ1n) is 7.85. The second-order valence-corrected chi connectivity index (χ2v) is 5.98. The molecule has 0 aliphatic carbocycles. The van der Waals surface area contributed by atoms with E-state index in [9.17, 15) is 14.0 Å². The first kappa shape index (κ1) is 15.5. The number of benzene rings is 1. The number of H-pyrrole nitrogens is 1. The second-order valence-electron chi connectivity index (χ2n) is 5.98. The fraction of sp³-hybridized carbons (Fsp3) is 0.333. The number of hydrogen-bond acceptors (Lipinski definition) is 2. The van der Waals surface area contributed by atoms with E-state index in [1.807, 2.05) is 12.1 Å². The van der Waals surface area contributed by atoms with Crippen molar-refractivity contribution in [2.24, 2.45) is 5.92 Å². The molecule has 0 saturated carbocycles. The Labute approximate surface area is 134 Å². The van der Waals surface area contributed by atoms with Crippen LogP contribution in [0.1, 0.15) is 28.8 Å². The smallest absolute Gasteiger partial charge is 0.260 e. The summed E-state index contributed by atoms with van der Waals surface area (Å²) >= 11 is 0. The van der Waals surface area contributed by atoms with Crippen LogP contribution in [0.25, 0.3) is 0 Å². The van der Waals surface area contributed by atoms with Gasteiger partial charge in [0, 0.05) is 19.3 Å². The van der Waals surface area contributed by atoms with Crippen LogP contribution in [0.2, 0.25) is 0 Å². The zero-order chi connectivity index (χ0) is 16.2. The van der Waals surface area contributed by atoms with Crippen molar-refractivity contribution in [2.45, 2.75) is 19.3 Å². The van der Waals surface area contributed by atoms with Crippen molar-refractivity contribution in [1.82, 2.24) is 9.88 Å². The maximum Gasteiger partial charge on any atom is 0.260 e. The number of nitrogens with zero attached hydrogens (tertiary/aromatic N) is 1. The maximum absolute atomic E-state index is 12.9. The number of pyridine rings is 1. The molecule has 0 atom stereocenters. The number of aromatic amines is 1. The van der Waals surface area contributed by atoms with Crippen LogP contribution >= 0.6 is 0 Å². The summed E-state index contributed by atoms with van der Waals surface area (Å²) in [6.07, 6.45) is 4.21. The number of hydrogen-bond donors (Lipinski definition) is 1. The molecular weight excluding hydrogens is 295 g/mol. The fourth-order valence-corrected chi connectivity index (χ4v) is 3.05. The number of aromatic nitrogens is 1. The normalized spacial score (nSPS) is 15.6. The fourth-order valence-electron chi connectivity index (χ4n) is 3.05. The molecule has 3 rings (SSSR count). The van der Waals surface area contributed by atoms with Crippen molar-refractivity contribution in [3.8, 4) is 0 Å². The molecule has 1 amide bonds. The molecule has 1 fully saturated rings. The lowest BCUT2D eigenvalue weighted by atomic mass is 9.90. The average molecular weight is 314 g/mol. The third-order valence-corrected chi connectivity index (χ3v) is 4.39. The van der Waals surface area contributed by atoms with Crippen LogP contribution < -0.4 is 5.56 Å². The van der Waals surface area contributed by atoms with Crippen LogP contribution in [0.4, 0.5) is 4.39 Å². The van der Waals surface area contributed by atoms with Gasteiger partial charge in [-0.3, -0.25) is 9.59 Å². The summed E-state index contributed by atoms with van der Waals surface area (Å²) in [6.45, 7) is 1.30. The quantitative estimate of drug-likeness (QED) is 0.947. The van der Waals surface area contributed by atoms with Crippen molar-refractivity contribution >= 4 is 5.91 Å². The molecule has 1 aliphatic heterocycles. The van der Waals surface area contributed by atoms with Crippen LogP contribution in [-0.4, -0.2) is 28.9 Å². The lowest BCUT2D eigenvalue weighted by Crippen LogP contribution is -2.40. The van der Waals surface area contributed by atoms with E-state index in [2.05, 4.69) is 4.98 Å². The highest BCUT2D eigenvalue weighted by Crippen LogP contribution is 2.22. The summed E-state index contributed by atoms with van der Waals surface area (Å²) in [5.74, 6) is 0.0629. The zero-order valence-corrected chi connectivity index (χ0v) is 12.8. The van der Waals surface area contributed by atoms with Gasteiger partial charge in [0.1, 0.15) is 11.4 Å². The molecule has 0 bridgehead atoms. The number of amides is 1. The molecule has 1 aliphatic rings. The van der Waals surface area contributed by atoms with Crippen molar-refractivity contribution in [3.63, 3.8) is 0 Å². The molecule has 0 unspecified atom stereocenters. The predicted octanol–water partition coefficient (Wildman–Crippen LogP) is 2.61. The third-order valence-electron chi connectivity index (χ3n) is 4.39. The Morgan fingerprint density at radius 1 is 1.17 bits per heavy atom. The highest BCUT2D eigenvalue weighted by Gasteiger charge is 2.25. The van der Waals surface area contributed by atoms with Crippen molar-refractivity contribution in [3.05, 3.63) is 69.9 Å². The molecule has 0 radical (unpaired) electrons. The van der Waals surface area contributed by atoms with Gasteiger partial charge in [0.25, 0.3) is 11.5 Å². The monoisotopic (exact) mass is 314 g/mol. The SMILES string of the molecule is O=C(c1ccc[nH]c1=O)N1CCC(Cc2ccc(F)cc2)CC1. The van der Waals surface area contributed by atoms with Crippen LogP contribution in [0.5, 0.6) is 0 Å². The summed E-state index contributed by atoms with van der Waals surface area (Å²) in [6, 6.07) is 9.82. The maximum atomic E-state index is 12.9. The van der Waals surface area contributed by atoms with Crippen LogP contribution in [0.15, 0.2) is 47.4 Å². The van der Waals surface area contributed by atoms with E-state index in [0.29, 0.717) is 19.0 Å².